The van der Waals surface area contributed by atoms with Crippen molar-refractivity contribution >= 4 is 21.8 Å². The Morgan fingerprint density at radius 2 is 1.78 bits per heavy atom. The van der Waals surface area contributed by atoms with Gasteiger partial charge in [0, 0.05) is 11.5 Å². The molecule has 2 aromatic rings. The number of likely N-dealkylation sites (tertiary alicyclic amines) is 1. The van der Waals surface area contributed by atoms with Gasteiger partial charge in [0.15, 0.2) is 5.67 Å². The van der Waals surface area contributed by atoms with Crippen molar-refractivity contribution in [2.45, 2.75) is 55.0 Å². The molecule has 2 aliphatic carbocycles. The Hall–Kier alpha value is -3.06. The van der Waals surface area contributed by atoms with Gasteiger partial charge in [-0.05, 0) is 72.9 Å². The molecule has 2 amide bonds. The van der Waals surface area contributed by atoms with Gasteiger partial charge in [-0.25, -0.2) is 17.2 Å². The van der Waals surface area contributed by atoms with Crippen LogP contribution in [0.5, 0.6) is 0 Å². The third kappa shape index (κ3) is 4.52. The SMILES string of the molecule is CS(=O)(=O)N1CC(F)(c2cccc(C(=O)N3C(C(N)=O)CC4CC43[C@@H](c3ccc(C(F)(F)F)cc3F)C3CC3)c2)C1. The van der Waals surface area contributed by atoms with Crippen LogP contribution < -0.4 is 5.73 Å². The number of nitrogens with zero attached hydrogens (tertiary/aromatic N) is 2. The number of amides is 2. The zero-order chi connectivity index (χ0) is 29.7. The molecule has 3 unspecified atom stereocenters. The van der Waals surface area contributed by atoms with E-state index >= 15 is 8.78 Å². The van der Waals surface area contributed by atoms with Crippen LogP contribution in [0.4, 0.5) is 22.0 Å². The molecule has 41 heavy (non-hydrogen) atoms. The molecule has 13 heteroatoms. The van der Waals surface area contributed by atoms with Crippen molar-refractivity contribution < 1.29 is 40.0 Å². The molecule has 2 aliphatic heterocycles. The molecule has 0 radical (unpaired) electrons. The predicted octanol–water partition coefficient (Wildman–Crippen LogP) is 3.94. The molecular weight excluding hydrogens is 569 g/mol. The molecule has 0 bridgehead atoms. The quantitative estimate of drug-likeness (QED) is 0.489. The number of hydrogen-bond acceptors (Lipinski definition) is 4. The van der Waals surface area contributed by atoms with E-state index in [0.717, 1.165) is 22.7 Å². The summed E-state index contributed by atoms with van der Waals surface area (Å²) >= 11 is 0. The van der Waals surface area contributed by atoms with Gasteiger partial charge in [-0.15, -0.1) is 0 Å². The van der Waals surface area contributed by atoms with Gasteiger partial charge in [-0.3, -0.25) is 9.59 Å². The lowest BCUT2D eigenvalue weighted by atomic mass is 9.82. The molecule has 2 saturated heterocycles. The third-order valence-electron chi connectivity index (χ3n) is 9.18. The molecule has 0 spiro atoms. The number of rotatable bonds is 7. The van der Waals surface area contributed by atoms with E-state index in [1.165, 1.54) is 29.2 Å². The number of alkyl halides is 4. The number of hydrogen-bond donors (Lipinski definition) is 1. The standard InChI is InChI=1S/C28H28F5N3O4S/c1-41(39,40)35-13-26(30,14-35)17-4-2-3-16(9-17)25(38)36-22(24(34)37)11-19-12-27(19,36)23(15-5-6-15)20-8-7-18(10-21(20)29)28(31,32)33/h2-4,7-10,15,19,22-23H,5-6,11-14H2,1H3,(H2,34,37)/t19?,22?,23-,27?/m1/s1. The fourth-order valence-corrected chi connectivity index (χ4v) is 7.88. The molecule has 7 nitrogen and oxygen atoms in total. The van der Waals surface area contributed by atoms with Gasteiger partial charge in [-0.2, -0.15) is 17.5 Å². The second kappa shape index (κ2) is 8.97. The number of nitrogens with two attached hydrogens (primary N) is 1. The average Bonchev–Trinajstić information content (AvgIpc) is 3.79. The number of carbonyl (C=O) groups excluding carboxylic acids is 2. The first kappa shape index (κ1) is 28.1. The summed E-state index contributed by atoms with van der Waals surface area (Å²) in [7, 11) is -3.59. The molecule has 2 N–H and O–H groups in total. The second-order valence-electron chi connectivity index (χ2n) is 11.8. The zero-order valence-corrected chi connectivity index (χ0v) is 22.8. The normalized spacial score (nSPS) is 28.1. The van der Waals surface area contributed by atoms with Gasteiger partial charge in [0.25, 0.3) is 5.91 Å². The number of halogens is 5. The second-order valence-corrected chi connectivity index (χ2v) is 13.8. The molecule has 2 aromatic carbocycles. The van der Waals surface area contributed by atoms with Crippen LogP contribution in [0.25, 0.3) is 0 Å². The van der Waals surface area contributed by atoms with Crippen molar-refractivity contribution in [3.05, 3.63) is 70.5 Å². The fraction of sp³-hybridized carbons (Fsp3) is 0.500. The van der Waals surface area contributed by atoms with Crippen molar-refractivity contribution in [2.75, 3.05) is 19.3 Å². The van der Waals surface area contributed by atoms with E-state index in [9.17, 15) is 31.2 Å². The summed E-state index contributed by atoms with van der Waals surface area (Å²) in [6.07, 6.45) is -1.69. The molecule has 2 heterocycles. The summed E-state index contributed by atoms with van der Waals surface area (Å²) in [5, 5.41) is 0. The maximum Gasteiger partial charge on any atom is 0.416 e. The largest absolute Gasteiger partial charge is 0.416 e. The molecule has 6 rings (SSSR count). The Labute approximate surface area is 233 Å². The summed E-state index contributed by atoms with van der Waals surface area (Å²) < 4.78 is 95.2. The highest BCUT2D eigenvalue weighted by atomic mass is 32.2. The van der Waals surface area contributed by atoms with Crippen molar-refractivity contribution in [3.8, 4) is 0 Å². The lowest BCUT2D eigenvalue weighted by molar-refractivity contribution is -0.137. The summed E-state index contributed by atoms with van der Waals surface area (Å²) in [5.41, 5.74) is 1.79. The highest BCUT2D eigenvalue weighted by molar-refractivity contribution is 7.88. The van der Waals surface area contributed by atoms with Crippen LogP contribution in [0.2, 0.25) is 0 Å². The lowest BCUT2D eigenvalue weighted by Crippen LogP contribution is -2.58. The van der Waals surface area contributed by atoms with Gasteiger partial charge in [0.2, 0.25) is 15.9 Å². The van der Waals surface area contributed by atoms with Crippen LogP contribution in [0, 0.1) is 17.7 Å². The molecule has 0 aromatic heterocycles. The van der Waals surface area contributed by atoms with E-state index in [1.807, 2.05) is 0 Å². The lowest BCUT2D eigenvalue weighted by Gasteiger charge is -2.43. The van der Waals surface area contributed by atoms with Crippen LogP contribution in [0.15, 0.2) is 42.5 Å². The van der Waals surface area contributed by atoms with Crippen molar-refractivity contribution in [1.29, 1.82) is 0 Å². The van der Waals surface area contributed by atoms with Crippen LogP contribution in [-0.4, -0.2) is 60.4 Å². The van der Waals surface area contributed by atoms with E-state index in [4.69, 9.17) is 5.73 Å². The summed E-state index contributed by atoms with van der Waals surface area (Å²) in [6.45, 7) is -0.805. The van der Waals surface area contributed by atoms with Crippen LogP contribution in [0.1, 0.15) is 58.6 Å². The Morgan fingerprint density at radius 1 is 1.10 bits per heavy atom. The van der Waals surface area contributed by atoms with Crippen LogP contribution >= 0.6 is 0 Å². The van der Waals surface area contributed by atoms with E-state index in [0.29, 0.717) is 25.3 Å². The first-order valence-electron chi connectivity index (χ1n) is 13.3. The van der Waals surface area contributed by atoms with Gasteiger partial charge < -0.3 is 10.6 Å². The number of carbonyl (C=O) groups is 2. The highest BCUT2D eigenvalue weighted by Crippen LogP contribution is 2.69. The number of piperidine rings is 1. The molecule has 4 aliphatic rings. The third-order valence-corrected chi connectivity index (χ3v) is 10.4. The number of sulfonamides is 1. The van der Waals surface area contributed by atoms with E-state index in [2.05, 4.69) is 0 Å². The average molecular weight is 598 g/mol. The molecule has 4 atom stereocenters. The Balaban J connectivity index is 1.37. The van der Waals surface area contributed by atoms with Gasteiger partial charge in [-0.1, -0.05) is 18.2 Å². The maximum atomic E-state index is 15.6. The smallest absolute Gasteiger partial charge is 0.368 e. The first-order chi connectivity index (χ1) is 19.1. The van der Waals surface area contributed by atoms with Crippen molar-refractivity contribution in [2.24, 2.45) is 17.6 Å². The number of fused-ring (bicyclic) bond motifs is 1. The number of benzene rings is 2. The monoisotopic (exact) mass is 597 g/mol. The van der Waals surface area contributed by atoms with E-state index in [-0.39, 0.29) is 34.9 Å². The highest BCUT2D eigenvalue weighted by Gasteiger charge is 2.73. The van der Waals surface area contributed by atoms with Crippen molar-refractivity contribution in [3.63, 3.8) is 0 Å². The van der Waals surface area contributed by atoms with Crippen LogP contribution in [0.3, 0.4) is 0 Å². The molecule has 2 saturated carbocycles. The van der Waals surface area contributed by atoms with Gasteiger partial charge in [0.05, 0.1) is 30.4 Å². The van der Waals surface area contributed by atoms with Crippen molar-refractivity contribution in [1.82, 2.24) is 9.21 Å². The van der Waals surface area contributed by atoms with E-state index < -0.39 is 75.7 Å². The molecular formula is C28H28F5N3O4S. The minimum atomic E-state index is -4.72. The molecule has 4 fully saturated rings. The van der Waals surface area contributed by atoms with Gasteiger partial charge >= 0.3 is 6.18 Å². The number of primary amides is 1. The minimum absolute atomic E-state index is 0.0537. The maximum absolute atomic E-state index is 15.6. The molecule has 220 valence electrons. The first-order valence-corrected chi connectivity index (χ1v) is 15.2. The topological polar surface area (TPSA) is 101 Å². The van der Waals surface area contributed by atoms with E-state index in [1.54, 1.807) is 0 Å². The predicted molar refractivity (Wildman–Crippen MR) is 137 cm³/mol. The summed E-state index contributed by atoms with van der Waals surface area (Å²) in [6, 6.07) is 7.10. The fourth-order valence-electron chi connectivity index (χ4n) is 7.00. The van der Waals surface area contributed by atoms with Crippen LogP contribution in [-0.2, 0) is 26.7 Å². The van der Waals surface area contributed by atoms with Gasteiger partial charge in [0.1, 0.15) is 11.9 Å². The zero-order valence-electron chi connectivity index (χ0n) is 22.0. The Kier molecular flexibility index (Phi) is 6.14. The Morgan fingerprint density at radius 3 is 2.34 bits per heavy atom. The Bertz CT molecular complexity index is 1550. The summed E-state index contributed by atoms with van der Waals surface area (Å²) in [5.74, 6) is -3.33. The minimum Gasteiger partial charge on any atom is -0.368 e. The summed E-state index contributed by atoms with van der Waals surface area (Å²) in [4.78, 5) is 28.0.